The van der Waals surface area contributed by atoms with E-state index in [1.54, 1.807) is 0 Å². The van der Waals surface area contributed by atoms with Gasteiger partial charge in [0.2, 0.25) is 0 Å². The second-order valence-electron chi connectivity index (χ2n) is 5.08. The molecule has 0 atom stereocenters. The number of carbonyl (C=O) groups is 1. The molecular formula is C14H28NaO5S. The van der Waals surface area contributed by atoms with Crippen molar-refractivity contribution in [2.75, 3.05) is 12.4 Å². The van der Waals surface area contributed by atoms with E-state index in [1.807, 2.05) is 0 Å². The van der Waals surface area contributed by atoms with Crippen molar-refractivity contribution >= 4 is 45.6 Å². The summed E-state index contributed by atoms with van der Waals surface area (Å²) in [6.45, 7) is 1.93. The molecule has 1 N–H and O–H groups in total. The molecule has 0 aliphatic carbocycles. The average molecular weight is 331 g/mol. The van der Waals surface area contributed by atoms with Gasteiger partial charge < -0.3 is 4.74 Å². The average Bonchev–Trinajstić information content (AvgIpc) is 2.35. The van der Waals surface area contributed by atoms with Crippen LogP contribution in [0.25, 0.3) is 0 Å². The third-order valence-electron chi connectivity index (χ3n) is 3.09. The van der Waals surface area contributed by atoms with Crippen molar-refractivity contribution in [3.8, 4) is 0 Å². The molecule has 0 fully saturated rings. The fourth-order valence-corrected chi connectivity index (χ4v) is 2.21. The quantitative estimate of drug-likeness (QED) is 0.243. The van der Waals surface area contributed by atoms with Crippen LogP contribution in [-0.4, -0.2) is 60.9 Å². The fraction of sp³-hybridized carbons (Fsp3) is 0.929. The molecule has 0 spiro atoms. The summed E-state index contributed by atoms with van der Waals surface area (Å²) >= 11 is 0. The zero-order valence-electron chi connectivity index (χ0n) is 13.5. The second kappa shape index (κ2) is 15.3. The monoisotopic (exact) mass is 331 g/mol. The van der Waals surface area contributed by atoms with Crippen molar-refractivity contribution in [3.63, 3.8) is 0 Å². The maximum Gasteiger partial charge on any atom is 0.305 e. The molecule has 0 amide bonds. The number of unbranched alkanes of at least 4 members (excludes halogenated alkanes) is 8. The first-order valence-corrected chi connectivity index (χ1v) is 9.17. The number of carbonyl (C=O) groups excluding carboxylic acids is 1. The zero-order chi connectivity index (χ0) is 15.3. The molecule has 21 heavy (non-hydrogen) atoms. The van der Waals surface area contributed by atoms with Gasteiger partial charge in [-0.2, -0.15) is 8.42 Å². The maximum atomic E-state index is 11.2. The first-order chi connectivity index (χ1) is 9.45. The molecule has 0 saturated carbocycles. The van der Waals surface area contributed by atoms with Crippen LogP contribution in [0.5, 0.6) is 0 Å². The third kappa shape index (κ3) is 20.4. The molecule has 7 heteroatoms. The van der Waals surface area contributed by atoms with E-state index in [9.17, 15) is 13.2 Å². The van der Waals surface area contributed by atoms with Crippen molar-refractivity contribution in [2.24, 2.45) is 0 Å². The Morgan fingerprint density at radius 3 is 1.90 bits per heavy atom. The van der Waals surface area contributed by atoms with Gasteiger partial charge in [-0.15, -0.1) is 0 Å². The summed E-state index contributed by atoms with van der Waals surface area (Å²) in [5.41, 5.74) is 0. The Balaban J connectivity index is 0. The number of hydrogen-bond acceptors (Lipinski definition) is 4. The van der Waals surface area contributed by atoms with Gasteiger partial charge in [-0.3, -0.25) is 9.35 Å². The topological polar surface area (TPSA) is 80.7 Å². The molecule has 0 bridgehead atoms. The molecule has 0 rings (SSSR count). The first kappa shape index (κ1) is 23.6. The van der Waals surface area contributed by atoms with Crippen LogP contribution in [0, 0.1) is 0 Å². The van der Waals surface area contributed by atoms with Crippen LogP contribution in [0.3, 0.4) is 0 Å². The standard InChI is InChI=1S/C14H28O5S.Na/c1-2-3-4-5-6-7-8-9-10-11-14(15)19-12-13-20(16,17)18;/h2-13H2,1H3,(H,16,17,18);. The van der Waals surface area contributed by atoms with Gasteiger partial charge in [-0.1, -0.05) is 58.3 Å². The Morgan fingerprint density at radius 1 is 0.952 bits per heavy atom. The van der Waals surface area contributed by atoms with E-state index < -0.39 is 21.8 Å². The predicted molar refractivity (Wildman–Crippen MR) is 85.0 cm³/mol. The van der Waals surface area contributed by atoms with Gasteiger partial charge in [0.25, 0.3) is 10.1 Å². The van der Waals surface area contributed by atoms with Gasteiger partial charge >= 0.3 is 5.97 Å². The summed E-state index contributed by atoms with van der Waals surface area (Å²) in [6, 6.07) is 0. The largest absolute Gasteiger partial charge is 0.464 e. The van der Waals surface area contributed by atoms with Crippen LogP contribution >= 0.6 is 0 Å². The summed E-state index contributed by atoms with van der Waals surface area (Å²) in [6.07, 6.45) is 10.9. The summed E-state index contributed by atoms with van der Waals surface area (Å²) in [5, 5.41) is 0. The molecule has 121 valence electrons. The van der Waals surface area contributed by atoms with Gasteiger partial charge in [-0.25, -0.2) is 0 Å². The molecule has 0 heterocycles. The molecule has 5 nitrogen and oxygen atoms in total. The minimum absolute atomic E-state index is 0. The molecule has 0 unspecified atom stereocenters. The fourth-order valence-electron chi connectivity index (χ4n) is 1.91. The van der Waals surface area contributed by atoms with Gasteiger partial charge in [0.1, 0.15) is 12.4 Å². The van der Waals surface area contributed by atoms with Crippen LogP contribution in [-0.2, 0) is 19.6 Å². The van der Waals surface area contributed by atoms with E-state index in [0.29, 0.717) is 6.42 Å². The number of esters is 1. The molecule has 0 aliphatic rings. The number of rotatable bonds is 13. The van der Waals surface area contributed by atoms with Crippen molar-refractivity contribution in [3.05, 3.63) is 0 Å². The van der Waals surface area contributed by atoms with Crippen LogP contribution in [0.15, 0.2) is 0 Å². The SMILES string of the molecule is CCCCCCCCCCCC(=O)OCCS(=O)(=O)O.[Na]. The minimum atomic E-state index is -4.04. The van der Waals surface area contributed by atoms with Crippen molar-refractivity contribution in [2.45, 2.75) is 71.1 Å². The van der Waals surface area contributed by atoms with Crippen LogP contribution < -0.4 is 0 Å². The Hall–Kier alpha value is 0.380. The van der Waals surface area contributed by atoms with Gasteiger partial charge in [0.15, 0.2) is 0 Å². The van der Waals surface area contributed by atoms with Crippen LogP contribution in [0.4, 0.5) is 0 Å². The first-order valence-electron chi connectivity index (χ1n) is 7.56. The molecule has 0 aliphatic heterocycles. The zero-order valence-corrected chi connectivity index (χ0v) is 16.3. The second-order valence-corrected chi connectivity index (χ2v) is 6.66. The van der Waals surface area contributed by atoms with Crippen molar-refractivity contribution in [1.29, 1.82) is 0 Å². The van der Waals surface area contributed by atoms with Gasteiger partial charge in [0.05, 0.1) is 0 Å². The molecule has 0 aromatic carbocycles. The Kier molecular flexibility index (Phi) is 17.2. The summed E-state index contributed by atoms with van der Waals surface area (Å²) in [7, 11) is -4.04. The number of hydrogen-bond donors (Lipinski definition) is 1. The summed E-state index contributed by atoms with van der Waals surface area (Å²) in [4.78, 5) is 11.2. The van der Waals surface area contributed by atoms with Gasteiger partial charge in [-0.05, 0) is 6.42 Å². The molecule has 0 aromatic rings. The van der Waals surface area contributed by atoms with E-state index in [0.717, 1.165) is 19.3 Å². The van der Waals surface area contributed by atoms with Gasteiger partial charge in [0, 0.05) is 36.0 Å². The maximum absolute atomic E-state index is 11.2. The van der Waals surface area contributed by atoms with Crippen molar-refractivity contribution < 1.29 is 22.5 Å². The van der Waals surface area contributed by atoms with E-state index in [-0.39, 0.29) is 36.2 Å². The van der Waals surface area contributed by atoms with E-state index in [2.05, 4.69) is 6.92 Å². The van der Waals surface area contributed by atoms with Crippen molar-refractivity contribution in [1.82, 2.24) is 0 Å². The van der Waals surface area contributed by atoms with E-state index in [1.165, 1.54) is 38.5 Å². The normalized spacial score (nSPS) is 11.0. The van der Waals surface area contributed by atoms with Crippen LogP contribution in [0.1, 0.15) is 71.1 Å². The molecule has 1 radical (unpaired) electrons. The third-order valence-corrected chi connectivity index (χ3v) is 3.77. The summed E-state index contributed by atoms with van der Waals surface area (Å²) < 4.78 is 34.0. The van der Waals surface area contributed by atoms with E-state index >= 15 is 0 Å². The summed E-state index contributed by atoms with van der Waals surface area (Å²) in [5.74, 6) is -0.923. The number of ether oxygens (including phenoxy) is 1. The molecule has 0 aromatic heterocycles. The van der Waals surface area contributed by atoms with E-state index in [4.69, 9.17) is 9.29 Å². The minimum Gasteiger partial charge on any atom is -0.464 e. The predicted octanol–water partition coefficient (Wildman–Crippen LogP) is 2.96. The Morgan fingerprint density at radius 2 is 1.43 bits per heavy atom. The van der Waals surface area contributed by atoms with Crippen LogP contribution in [0.2, 0.25) is 0 Å². The molecular weight excluding hydrogens is 303 g/mol. The smallest absolute Gasteiger partial charge is 0.305 e. The Bertz CT molecular complexity index is 343. The Labute approximate surface area is 151 Å². The molecule has 0 saturated heterocycles.